The molecule has 1 heterocycles. The van der Waals surface area contributed by atoms with Crippen molar-refractivity contribution in [1.82, 2.24) is 20.2 Å². The van der Waals surface area contributed by atoms with Crippen molar-refractivity contribution in [3.05, 3.63) is 65.7 Å². The van der Waals surface area contributed by atoms with E-state index in [1.54, 1.807) is 21.0 Å². The van der Waals surface area contributed by atoms with Gasteiger partial charge in [-0.25, -0.2) is 9.97 Å². The largest absolute Gasteiger partial charge is 0.494 e. The Morgan fingerprint density at radius 3 is 2.24 bits per heavy atom. The van der Waals surface area contributed by atoms with E-state index in [1.807, 2.05) is 58.0 Å². The van der Waals surface area contributed by atoms with Gasteiger partial charge in [0.2, 0.25) is 0 Å². The van der Waals surface area contributed by atoms with Crippen LogP contribution in [0.15, 0.2) is 48.8 Å². The van der Waals surface area contributed by atoms with E-state index in [4.69, 9.17) is 10.5 Å². The van der Waals surface area contributed by atoms with Crippen LogP contribution in [-0.2, 0) is 5.60 Å². The number of hydrogen-bond donors (Lipinski definition) is 3. The second-order valence-corrected chi connectivity index (χ2v) is 8.27. The fourth-order valence-corrected chi connectivity index (χ4v) is 3.88. The molecule has 1 aromatic heterocycles. The van der Waals surface area contributed by atoms with Crippen molar-refractivity contribution >= 4 is 16.7 Å². The molecule has 0 unspecified atom stereocenters. The summed E-state index contributed by atoms with van der Waals surface area (Å²) in [6, 6.07) is 13.8. The van der Waals surface area contributed by atoms with Crippen molar-refractivity contribution in [2.45, 2.75) is 71.8 Å². The third-order valence-corrected chi connectivity index (χ3v) is 5.77. The molecule has 7 heteroatoms. The number of aliphatic hydroxyl groups is 1. The van der Waals surface area contributed by atoms with E-state index in [0.29, 0.717) is 23.0 Å². The molecular weight excluding hydrogens is 426 g/mol. The van der Waals surface area contributed by atoms with Crippen molar-refractivity contribution < 1.29 is 9.84 Å². The number of ether oxygens (including phenoxy) is 1. The minimum Gasteiger partial charge on any atom is -0.494 e. The molecule has 0 aliphatic heterocycles. The Kier molecular flexibility index (Phi) is 9.81. The maximum Gasteiger partial charge on any atom is 0.145 e. The zero-order chi connectivity index (χ0) is 25.3. The number of para-hydroxylation sites is 1. The molecule has 0 amide bonds. The summed E-state index contributed by atoms with van der Waals surface area (Å²) >= 11 is 0. The Morgan fingerprint density at radius 1 is 1.00 bits per heavy atom. The summed E-state index contributed by atoms with van der Waals surface area (Å²) in [5.41, 5.74) is 8.29. The predicted octanol–water partition coefficient (Wildman–Crippen LogP) is 6.01. The highest BCUT2D eigenvalue weighted by Crippen LogP contribution is 2.46. The molecule has 0 bridgehead atoms. The van der Waals surface area contributed by atoms with Gasteiger partial charge in [-0.05, 0) is 55.9 Å². The number of nitrogen functional groups attached to an aromatic ring is 1. The minimum absolute atomic E-state index is 0.242. The Balaban J connectivity index is 0.000000970. The summed E-state index contributed by atoms with van der Waals surface area (Å²) in [6.45, 7) is 11.6. The molecule has 1 saturated carbocycles. The first-order chi connectivity index (χ1) is 16.4. The molecule has 1 aliphatic rings. The fraction of sp³-hybridized carbons (Fsp3) is 0.444. The summed E-state index contributed by atoms with van der Waals surface area (Å²) in [6.07, 6.45) is 3.37. The summed E-state index contributed by atoms with van der Waals surface area (Å²) in [4.78, 5) is 9.03. The van der Waals surface area contributed by atoms with Crippen LogP contribution < -0.4 is 10.5 Å². The lowest BCUT2D eigenvalue weighted by Gasteiger charge is -2.34. The topological polar surface area (TPSA) is 110 Å². The van der Waals surface area contributed by atoms with E-state index < -0.39 is 5.60 Å². The van der Waals surface area contributed by atoms with Gasteiger partial charge in [-0.3, -0.25) is 5.10 Å². The van der Waals surface area contributed by atoms with Gasteiger partial charge in [0, 0.05) is 11.3 Å². The van der Waals surface area contributed by atoms with Gasteiger partial charge in [0.25, 0.3) is 0 Å². The Hall–Kier alpha value is -3.19. The molecule has 0 radical (unpaired) electrons. The molecule has 1 fully saturated rings. The number of methoxy groups -OCH3 is 1. The van der Waals surface area contributed by atoms with Crippen LogP contribution in [-0.4, -0.2) is 32.4 Å². The lowest BCUT2D eigenvalue weighted by atomic mass is 9.71. The van der Waals surface area contributed by atoms with Crippen molar-refractivity contribution in [3.8, 4) is 5.75 Å². The number of nitrogens with one attached hydrogen (secondary N) is 1. The standard InChI is InChI=1S/C23H27N5O2.2C2H6/c1-23(2,29)17-9-7-14(8-10-17)15-11-16(12-15)22-27-21(24)18-5-4-6-19(30-3)20(18)25-13-26-28-22;2*1-2/h4-10,13,15-16,29H,11-12,24H2,1-3H3,(H,27,28);2*1-2H3. The molecule has 3 aromatic rings. The number of nitrogens with zero attached hydrogens (tertiary/aromatic N) is 3. The van der Waals surface area contributed by atoms with Gasteiger partial charge in [-0.2, -0.15) is 5.10 Å². The van der Waals surface area contributed by atoms with Crippen LogP contribution in [0.25, 0.3) is 10.9 Å². The molecule has 7 nitrogen and oxygen atoms in total. The lowest BCUT2D eigenvalue weighted by Crippen LogP contribution is -2.22. The summed E-state index contributed by atoms with van der Waals surface area (Å²) < 4.78 is 5.39. The lowest BCUT2D eigenvalue weighted by molar-refractivity contribution is 0.0785. The van der Waals surface area contributed by atoms with Crippen molar-refractivity contribution in [2.24, 2.45) is 0 Å². The molecular formula is C27H39N5O2. The van der Waals surface area contributed by atoms with Crippen LogP contribution in [0, 0.1) is 0 Å². The quantitative estimate of drug-likeness (QED) is 0.435. The maximum atomic E-state index is 10.1. The van der Waals surface area contributed by atoms with Crippen LogP contribution in [0.4, 0.5) is 5.82 Å². The summed E-state index contributed by atoms with van der Waals surface area (Å²) in [5, 5.41) is 18.1. The number of rotatable bonds is 4. The molecule has 1 aliphatic carbocycles. The Morgan fingerprint density at radius 2 is 1.65 bits per heavy atom. The van der Waals surface area contributed by atoms with Crippen LogP contribution >= 0.6 is 0 Å². The first kappa shape index (κ1) is 27.1. The Bertz CT molecular complexity index is 1100. The average Bonchev–Trinajstić information content (AvgIpc) is 2.90. The molecule has 0 atom stereocenters. The number of aromatic nitrogens is 4. The maximum absolute atomic E-state index is 10.1. The monoisotopic (exact) mass is 465 g/mol. The van der Waals surface area contributed by atoms with Gasteiger partial charge in [0.1, 0.15) is 29.2 Å². The zero-order valence-corrected chi connectivity index (χ0v) is 21.5. The van der Waals surface area contributed by atoms with Crippen LogP contribution in [0.5, 0.6) is 5.75 Å². The molecule has 2 aromatic carbocycles. The van der Waals surface area contributed by atoms with Gasteiger partial charge >= 0.3 is 0 Å². The second kappa shape index (κ2) is 12.3. The van der Waals surface area contributed by atoms with E-state index >= 15 is 0 Å². The van der Waals surface area contributed by atoms with Gasteiger partial charge in [-0.15, -0.1) is 0 Å². The third-order valence-electron chi connectivity index (χ3n) is 5.77. The van der Waals surface area contributed by atoms with E-state index in [0.717, 1.165) is 29.6 Å². The van der Waals surface area contributed by atoms with Crippen molar-refractivity contribution in [2.75, 3.05) is 12.8 Å². The average molecular weight is 466 g/mol. The van der Waals surface area contributed by atoms with Gasteiger partial charge in [-0.1, -0.05) is 58.0 Å². The summed E-state index contributed by atoms with van der Waals surface area (Å²) in [5.74, 6) is 2.45. The minimum atomic E-state index is -0.827. The second-order valence-electron chi connectivity index (χ2n) is 8.27. The van der Waals surface area contributed by atoms with Gasteiger partial charge in [0.05, 0.1) is 12.7 Å². The molecule has 4 N–H and O–H groups in total. The molecule has 0 spiro atoms. The number of anilines is 1. The predicted molar refractivity (Wildman–Crippen MR) is 139 cm³/mol. The highest BCUT2D eigenvalue weighted by Gasteiger charge is 2.33. The normalized spacial score (nSPS) is 16.7. The number of fused-ring (bicyclic) bond motifs is 1. The highest BCUT2D eigenvalue weighted by atomic mass is 16.5. The van der Waals surface area contributed by atoms with Crippen LogP contribution in [0.1, 0.15) is 83.2 Å². The number of benzene rings is 2. The third kappa shape index (κ3) is 6.23. The first-order valence-electron chi connectivity index (χ1n) is 12.1. The van der Waals surface area contributed by atoms with Gasteiger partial charge in [0.15, 0.2) is 0 Å². The zero-order valence-electron chi connectivity index (χ0n) is 21.5. The fourth-order valence-electron chi connectivity index (χ4n) is 3.88. The van der Waals surface area contributed by atoms with E-state index in [-0.39, 0.29) is 5.92 Å². The van der Waals surface area contributed by atoms with Gasteiger partial charge < -0.3 is 15.6 Å². The van der Waals surface area contributed by atoms with Crippen LogP contribution in [0.3, 0.4) is 0 Å². The number of nitrogens with two attached hydrogens (primary N) is 1. The molecule has 0 saturated heterocycles. The van der Waals surface area contributed by atoms with Crippen LogP contribution in [0.2, 0.25) is 0 Å². The first-order valence-corrected chi connectivity index (χ1v) is 12.1. The van der Waals surface area contributed by atoms with E-state index in [9.17, 15) is 5.11 Å². The van der Waals surface area contributed by atoms with E-state index in [2.05, 4.69) is 32.3 Å². The van der Waals surface area contributed by atoms with Crippen molar-refractivity contribution in [1.29, 1.82) is 0 Å². The number of hydrogen-bond acceptors (Lipinski definition) is 6. The highest BCUT2D eigenvalue weighted by molar-refractivity contribution is 5.91. The van der Waals surface area contributed by atoms with E-state index in [1.165, 1.54) is 11.9 Å². The number of aromatic amines is 1. The smallest absolute Gasteiger partial charge is 0.145 e. The summed E-state index contributed by atoms with van der Waals surface area (Å²) in [7, 11) is 1.60. The molecule has 34 heavy (non-hydrogen) atoms. The number of H-pyrrole nitrogens is 1. The molecule has 4 rings (SSSR count). The Labute approximate surface area is 203 Å². The molecule has 184 valence electrons. The SMILES string of the molecule is CC.CC.COc1cccc2c(N)nc(C3CC(c4ccc(C(C)(C)O)cc4)C3)[nH]ncnc12. The van der Waals surface area contributed by atoms with Crippen molar-refractivity contribution in [3.63, 3.8) is 0 Å².